The Kier molecular flexibility index (Phi) is 4.66. The van der Waals surface area contributed by atoms with Crippen LogP contribution in [0.1, 0.15) is 0 Å². The summed E-state index contributed by atoms with van der Waals surface area (Å²) in [7, 11) is -4.72. The third-order valence-electron chi connectivity index (χ3n) is 2.99. The molecule has 0 radical (unpaired) electrons. The second kappa shape index (κ2) is 5.99. The van der Waals surface area contributed by atoms with E-state index < -0.39 is 45.3 Å². The Balaban J connectivity index is 2.03. The fourth-order valence-corrected chi connectivity index (χ4v) is 2.32. The third kappa shape index (κ3) is 3.78. The Morgan fingerprint density at radius 2 is 2.05 bits per heavy atom. The SMILES string of the molecule is NC1=NC(O)N(C2OC(COP(=O)(O)O)C(O)C2O)C=C1. The van der Waals surface area contributed by atoms with Gasteiger partial charge in [-0.15, -0.1) is 0 Å². The smallest absolute Gasteiger partial charge is 0.387 e. The molecule has 5 unspecified atom stereocenters. The molecule has 0 saturated carbocycles. The van der Waals surface area contributed by atoms with Crippen molar-refractivity contribution in [2.24, 2.45) is 10.7 Å². The van der Waals surface area contributed by atoms with Crippen molar-refractivity contribution in [2.75, 3.05) is 6.61 Å². The van der Waals surface area contributed by atoms with Gasteiger partial charge in [0.25, 0.3) is 0 Å². The summed E-state index contributed by atoms with van der Waals surface area (Å²) in [6.45, 7) is -0.627. The molecule has 0 bridgehead atoms. The molecular weight excluding hydrogens is 309 g/mol. The van der Waals surface area contributed by atoms with Crippen LogP contribution < -0.4 is 5.73 Å². The molecule has 2 heterocycles. The molecule has 12 heteroatoms. The minimum absolute atomic E-state index is 0.0770. The molecule has 21 heavy (non-hydrogen) atoms. The number of phosphoric ester groups is 1. The molecule has 0 amide bonds. The highest BCUT2D eigenvalue weighted by Crippen LogP contribution is 2.37. The summed E-state index contributed by atoms with van der Waals surface area (Å²) in [6.07, 6.45) is -3.98. The summed E-state index contributed by atoms with van der Waals surface area (Å²) in [5.74, 6) is 0.0770. The van der Waals surface area contributed by atoms with Crippen molar-refractivity contribution in [3.05, 3.63) is 12.3 Å². The molecule has 120 valence electrons. The molecule has 2 aliphatic rings. The molecule has 0 aromatic heterocycles. The second-order valence-electron chi connectivity index (χ2n) is 4.50. The first-order valence-electron chi connectivity index (χ1n) is 5.88. The van der Waals surface area contributed by atoms with Crippen molar-refractivity contribution in [1.82, 2.24) is 4.90 Å². The Bertz CT molecular complexity index is 493. The normalized spacial score (nSPS) is 36.9. The van der Waals surface area contributed by atoms with Crippen LogP contribution in [0.4, 0.5) is 0 Å². The van der Waals surface area contributed by atoms with Crippen molar-refractivity contribution in [3.8, 4) is 0 Å². The van der Waals surface area contributed by atoms with Gasteiger partial charge in [0.2, 0.25) is 6.35 Å². The van der Waals surface area contributed by atoms with Crippen molar-refractivity contribution in [3.63, 3.8) is 0 Å². The van der Waals surface area contributed by atoms with Crippen molar-refractivity contribution in [2.45, 2.75) is 30.9 Å². The van der Waals surface area contributed by atoms with Gasteiger partial charge in [-0.2, -0.15) is 0 Å². The van der Waals surface area contributed by atoms with Crippen LogP contribution >= 0.6 is 7.82 Å². The minimum atomic E-state index is -4.72. The summed E-state index contributed by atoms with van der Waals surface area (Å²) in [6, 6.07) is 0. The Morgan fingerprint density at radius 3 is 2.62 bits per heavy atom. The van der Waals surface area contributed by atoms with E-state index in [-0.39, 0.29) is 5.84 Å². The quantitative estimate of drug-likeness (QED) is 0.292. The number of hydrogen-bond donors (Lipinski definition) is 6. The van der Waals surface area contributed by atoms with E-state index in [1.165, 1.54) is 12.3 Å². The van der Waals surface area contributed by atoms with E-state index in [0.29, 0.717) is 0 Å². The van der Waals surface area contributed by atoms with Gasteiger partial charge in [0.1, 0.15) is 24.1 Å². The largest absolute Gasteiger partial charge is 0.469 e. The zero-order chi connectivity index (χ0) is 15.8. The number of rotatable bonds is 4. The van der Waals surface area contributed by atoms with E-state index in [1.54, 1.807) is 0 Å². The standard InChI is InChI=1S/C9H16N3O8P/c10-5-1-2-12(9(15)11-5)8-7(14)6(13)4(20-8)3-19-21(16,17)18/h1-2,4,6-9,13-15H,3H2,(H2,10,11)(H2,16,17,18). The maximum atomic E-state index is 10.6. The fraction of sp³-hybridized carbons (Fsp3) is 0.667. The number of aliphatic imine (C=N–C) groups is 1. The van der Waals surface area contributed by atoms with E-state index in [0.717, 1.165) is 4.90 Å². The predicted octanol–water partition coefficient (Wildman–Crippen LogP) is -3.00. The van der Waals surface area contributed by atoms with Crippen LogP contribution in [0.5, 0.6) is 0 Å². The van der Waals surface area contributed by atoms with Gasteiger partial charge in [0.05, 0.1) is 6.61 Å². The van der Waals surface area contributed by atoms with Gasteiger partial charge in [0.15, 0.2) is 6.23 Å². The Labute approximate surface area is 119 Å². The number of aliphatic hydroxyl groups is 3. The lowest BCUT2D eigenvalue weighted by molar-refractivity contribution is -0.129. The highest BCUT2D eigenvalue weighted by atomic mass is 31.2. The summed E-state index contributed by atoms with van der Waals surface area (Å²) >= 11 is 0. The summed E-state index contributed by atoms with van der Waals surface area (Å²) in [4.78, 5) is 22.0. The molecule has 11 nitrogen and oxygen atoms in total. The molecule has 2 aliphatic heterocycles. The first kappa shape index (κ1) is 16.3. The van der Waals surface area contributed by atoms with Gasteiger partial charge in [0, 0.05) is 6.20 Å². The summed E-state index contributed by atoms with van der Waals surface area (Å²) in [5.41, 5.74) is 5.39. The summed E-state index contributed by atoms with van der Waals surface area (Å²) < 4.78 is 20.1. The zero-order valence-corrected chi connectivity index (χ0v) is 11.5. The summed E-state index contributed by atoms with van der Waals surface area (Å²) in [5, 5.41) is 29.4. The number of aliphatic hydroxyl groups excluding tert-OH is 3. The van der Waals surface area contributed by atoms with Crippen LogP contribution in [0.2, 0.25) is 0 Å². The molecule has 2 rings (SSSR count). The lowest BCUT2D eigenvalue weighted by Gasteiger charge is -2.32. The van der Waals surface area contributed by atoms with E-state index in [9.17, 15) is 19.9 Å². The first-order valence-corrected chi connectivity index (χ1v) is 7.41. The third-order valence-corrected chi connectivity index (χ3v) is 3.47. The van der Waals surface area contributed by atoms with Gasteiger partial charge in [-0.05, 0) is 6.08 Å². The molecular formula is C9H16N3O8P. The fourth-order valence-electron chi connectivity index (χ4n) is 1.98. The average molecular weight is 325 g/mol. The lowest BCUT2D eigenvalue weighted by atomic mass is 10.1. The van der Waals surface area contributed by atoms with Gasteiger partial charge < -0.3 is 40.5 Å². The first-order chi connectivity index (χ1) is 9.69. The van der Waals surface area contributed by atoms with Gasteiger partial charge in [-0.3, -0.25) is 4.52 Å². The van der Waals surface area contributed by atoms with Crippen molar-refractivity contribution in [1.29, 1.82) is 0 Å². The van der Waals surface area contributed by atoms with Gasteiger partial charge in [-0.1, -0.05) is 0 Å². The molecule has 1 fully saturated rings. The van der Waals surface area contributed by atoms with Crippen LogP contribution in [0.3, 0.4) is 0 Å². The second-order valence-corrected chi connectivity index (χ2v) is 5.74. The number of ether oxygens (including phenoxy) is 1. The topological polar surface area (TPSA) is 178 Å². The van der Waals surface area contributed by atoms with Crippen molar-refractivity contribution < 1.29 is 38.9 Å². The Morgan fingerprint density at radius 1 is 1.38 bits per heavy atom. The van der Waals surface area contributed by atoms with E-state index in [1.807, 2.05) is 0 Å². The van der Waals surface area contributed by atoms with E-state index in [4.69, 9.17) is 20.3 Å². The molecule has 0 aromatic rings. The predicted molar refractivity (Wildman–Crippen MR) is 67.3 cm³/mol. The Hall–Kier alpha value is -1.04. The average Bonchev–Trinajstić information content (AvgIpc) is 2.64. The maximum absolute atomic E-state index is 10.6. The molecule has 7 N–H and O–H groups in total. The highest BCUT2D eigenvalue weighted by molar-refractivity contribution is 7.46. The molecule has 0 aliphatic carbocycles. The zero-order valence-electron chi connectivity index (χ0n) is 10.6. The minimum Gasteiger partial charge on any atom is -0.387 e. The maximum Gasteiger partial charge on any atom is 0.469 e. The van der Waals surface area contributed by atoms with Crippen LogP contribution in [0.15, 0.2) is 17.3 Å². The highest BCUT2D eigenvalue weighted by Gasteiger charge is 2.47. The van der Waals surface area contributed by atoms with Gasteiger partial charge >= 0.3 is 7.82 Å². The number of phosphoric acid groups is 1. The monoisotopic (exact) mass is 325 g/mol. The van der Waals surface area contributed by atoms with E-state index >= 15 is 0 Å². The molecule has 0 spiro atoms. The molecule has 1 saturated heterocycles. The number of nitrogens with zero attached hydrogens (tertiary/aromatic N) is 2. The van der Waals surface area contributed by atoms with Crippen LogP contribution in [-0.4, -0.2) is 73.3 Å². The van der Waals surface area contributed by atoms with Crippen LogP contribution in [0.25, 0.3) is 0 Å². The van der Waals surface area contributed by atoms with Crippen LogP contribution in [0, 0.1) is 0 Å². The van der Waals surface area contributed by atoms with Gasteiger partial charge in [-0.25, -0.2) is 9.56 Å². The van der Waals surface area contributed by atoms with Crippen molar-refractivity contribution >= 4 is 13.7 Å². The lowest BCUT2D eigenvalue weighted by Crippen LogP contribution is -2.47. The van der Waals surface area contributed by atoms with Crippen LogP contribution in [-0.2, 0) is 13.8 Å². The number of hydrogen-bond acceptors (Lipinski definition) is 9. The molecule has 0 aromatic carbocycles. The number of amidine groups is 1. The number of nitrogens with two attached hydrogens (primary N) is 1. The molecule has 5 atom stereocenters. The van der Waals surface area contributed by atoms with E-state index in [2.05, 4.69) is 9.52 Å².